The van der Waals surface area contributed by atoms with Gasteiger partial charge in [-0.05, 0) is 32.1 Å². The SMILES string of the molecule is Cc1ncc(NC(=O)CN2C[C@H]3CC[C@@H]2C3)cc1[N+](=O)[O-]. The molecule has 1 aromatic heterocycles. The fraction of sp³-hybridized carbons (Fsp3) is 0.571. The molecule has 2 atom stereocenters. The van der Waals surface area contributed by atoms with Gasteiger partial charge in [0.25, 0.3) is 5.69 Å². The zero-order chi connectivity index (χ0) is 15.0. The minimum atomic E-state index is -0.489. The van der Waals surface area contributed by atoms with E-state index in [1.54, 1.807) is 6.92 Å². The first-order chi connectivity index (χ1) is 10.0. The van der Waals surface area contributed by atoms with Crippen LogP contribution < -0.4 is 5.32 Å². The maximum Gasteiger partial charge on any atom is 0.292 e. The number of piperidine rings is 1. The summed E-state index contributed by atoms with van der Waals surface area (Å²) in [6.45, 7) is 2.91. The molecule has 0 aromatic carbocycles. The predicted octanol–water partition coefficient (Wildman–Crippen LogP) is 1.72. The third-order valence-corrected chi connectivity index (χ3v) is 4.41. The van der Waals surface area contributed by atoms with Gasteiger partial charge in [0.15, 0.2) is 0 Å². The van der Waals surface area contributed by atoms with Crippen molar-refractivity contribution >= 4 is 17.3 Å². The Bertz CT molecular complexity index is 590. The number of pyridine rings is 1. The molecule has 2 aliphatic rings. The van der Waals surface area contributed by atoms with Crippen molar-refractivity contribution in [3.8, 4) is 0 Å². The van der Waals surface area contributed by atoms with Crippen LogP contribution in [0.1, 0.15) is 25.0 Å². The third kappa shape index (κ3) is 2.87. The Morgan fingerprint density at radius 2 is 2.38 bits per heavy atom. The van der Waals surface area contributed by atoms with Gasteiger partial charge in [0.05, 0.1) is 23.4 Å². The lowest BCUT2D eigenvalue weighted by atomic mass is 10.1. The zero-order valence-electron chi connectivity index (χ0n) is 11.9. The Morgan fingerprint density at radius 1 is 1.57 bits per heavy atom. The van der Waals surface area contributed by atoms with Crippen LogP contribution in [0.2, 0.25) is 0 Å². The number of aromatic nitrogens is 1. The molecule has 21 heavy (non-hydrogen) atoms. The van der Waals surface area contributed by atoms with E-state index in [0.717, 1.165) is 12.5 Å². The molecule has 0 radical (unpaired) electrons. The molecular formula is C14H18N4O3. The van der Waals surface area contributed by atoms with Crippen molar-refractivity contribution in [1.82, 2.24) is 9.88 Å². The van der Waals surface area contributed by atoms with Crippen molar-refractivity contribution in [2.24, 2.45) is 5.92 Å². The first-order valence-electron chi connectivity index (χ1n) is 7.18. The van der Waals surface area contributed by atoms with Gasteiger partial charge in [-0.15, -0.1) is 0 Å². The molecule has 7 nitrogen and oxygen atoms in total. The Hall–Kier alpha value is -2.02. The average Bonchev–Trinajstić information content (AvgIpc) is 3.03. The lowest BCUT2D eigenvalue weighted by Crippen LogP contribution is -2.38. The number of likely N-dealkylation sites (tertiary alicyclic amines) is 1. The van der Waals surface area contributed by atoms with Crippen molar-refractivity contribution < 1.29 is 9.72 Å². The quantitative estimate of drug-likeness (QED) is 0.673. The van der Waals surface area contributed by atoms with E-state index in [-0.39, 0.29) is 11.6 Å². The van der Waals surface area contributed by atoms with Crippen molar-refractivity contribution in [2.45, 2.75) is 32.2 Å². The van der Waals surface area contributed by atoms with Crippen LogP contribution in [0.5, 0.6) is 0 Å². The number of nitrogens with zero attached hydrogens (tertiary/aromatic N) is 3. The van der Waals surface area contributed by atoms with Gasteiger partial charge in [0.2, 0.25) is 5.91 Å². The van der Waals surface area contributed by atoms with E-state index < -0.39 is 4.92 Å². The van der Waals surface area contributed by atoms with Gasteiger partial charge in [-0.1, -0.05) is 0 Å². The predicted molar refractivity (Wildman–Crippen MR) is 77.0 cm³/mol. The van der Waals surface area contributed by atoms with Crippen LogP contribution in [0.15, 0.2) is 12.3 Å². The molecule has 1 saturated heterocycles. The molecule has 2 fully saturated rings. The summed E-state index contributed by atoms with van der Waals surface area (Å²) in [5.74, 6) is 0.604. The molecule has 1 saturated carbocycles. The van der Waals surface area contributed by atoms with E-state index in [1.807, 2.05) is 0 Å². The highest BCUT2D eigenvalue weighted by atomic mass is 16.6. The average molecular weight is 290 g/mol. The Morgan fingerprint density at radius 3 is 3.00 bits per heavy atom. The van der Waals surface area contributed by atoms with Gasteiger partial charge in [-0.3, -0.25) is 24.8 Å². The molecule has 1 amide bonds. The van der Waals surface area contributed by atoms with Crippen LogP contribution in [0.3, 0.4) is 0 Å². The number of nitrogens with one attached hydrogen (secondary N) is 1. The number of aryl methyl sites for hydroxylation is 1. The smallest absolute Gasteiger partial charge is 0.292 e. The molecule has 2 bridgehead atoms. The second-order valence-corrected chi connectivity index (χ2v) is 5.90. The summed E-state index contributed by atoms with van der Waals surface area (Å²) in [5.41, 5.74) is 0.643. The zero-order valence-corrected chi connectivity index (χ0v) is 11.9. The number of nitro groups is 1. The van der Waals surface area contributed by atoms with Crippen molar-refractivity contribution in [3.63, 3.8) is 0 Å². The summed E-state index contributed by atoms with van der Waals surface area (Å²) in [4.78, 5) is 28.6. The number of rotatable bonds is 4. The first kappa shape index (κ1) is 13.9. The highest BCUT2D eigenvalue weighted by Crippen LogP contribution is 2.37. The van der Waals surface area contributed by atoms with Gasteiger partial charge in [0.1, 0.15) is 5.69 Å². The lowest BCUT2D eigenvalue weighted by Gasteiger charge is -2.25. The fourth-order valence-corrected chi connectivity index (χ4v) is 3.38. The topological polar surface area (TPSA) is 88.4 Å². The van der Waals surface area contributed by atoms with E-state index in [0.29, 0.717) is 24.0 Å². The van der Waals surface area contributed by atoms with Gasteiger partial charge in [-0.25, -0.2) is 0 Å². The summed E-state index contributed by atoms with van der Waals surface area (Å²) in [7, 11) is 0. The molecule has 1 N–H and O–H groups in total. The summed E-state index contributed by atoms with van der Waals surface area (Å²) < 4.78 is 0. The largest absolute Gasteiger partial charge is 0.323 e. The van der Waals surface area contributed by atoms with Crippen LogP contribution in [0.25, 0.3) is 0 Å². The number of carbonyl (C=O) groups is 1. The van der Waals surface area contributed by atoms with E-state index >= 15 is 0 Å². The number of amides is 1. The number of hydrogen-bond donors (Lipinski definition) is 1. The van der Waals surface area contributed by atoms with E-state index in [1.165, 1.54) is 31.5 Å². The minimum absolute atomic E-state index is 0.0759. The number of carbonyl (C=O) groups excluding carboxylic acids is 1. The minimum Gasteiger partial charge on any atom is -0.323 e. The Kier molecular flexibility index (Phi) is 3.59. The molecule has 3 rings (SSSR count). The molecule has 1 aliphatic heterocycles. The number of anilines is 1. The van der Waals surface area contributed by atoms with Crippen LogP contribution in [0.4, 0.5) is 11.4 Å². The lowest BCUT2D eigenvalue weighted by molar-refractivity contribution is -0.385. The summed E-state index contributed by atoms with van der Waals surface area (Å²) >= 11 is 0. The monoisotopic (exact) mass is 290 g/mol. The van der Waals surface area contributed by atoms with Gasteiger partial charge < -0.3 is 5.32 Å². The second-order valence-electron chi connectivity index (χ2n) is 5.90. The third-order valence-electron chi connectivity index (χ3n) is 4.41. The normalized spacial score (nSPS) is 24.2. The molecule has 7 heteroatoms. The highest BCUT2D eigenvalue weighted by Gasteiger charge is 2.38. The first-order valence-corrected chi connectivity index (χ1v) is 7.18. The maximum atomic E-state index is 12.1. The standard InChI is InChI=1S/C14H18N4O3/c1-9-13(18(20)21)5-11(6-15-9)16-14(19)8-17-7-10-2-3-12(17)4-10/h5-6,10,12H,2-4,7-8H2,1H3,(H,16,19)/t10-,12+/m0/s1. The van der Waals surface area contributed by atoms with Crippen molar-refractivity contribution in [1.29, 1.82) is 0 Å². The molecule has 1 aromatic rings. The molecule has 0 unspecified atom stereocenters. The van der Waals surface area contributed by atoms with Crippen LogP contribution >= 0.6 is 0 Å². The summed E-state index contributed by atoms with van der Waals surface area (Å²) in [5, 5.41) is 13.6. The second kappa shape index (κ2) is 5.40. The summed E-state index contributed by atoms with van der Waals surface area (Å²) in [6, 6.07) is 1.89. The van der Waals surface area contributed by atoms with Gasteiger partial charge >= 0.3 is 0 Å². The molecule has 2 heterocycles. The van der Waals surface area contributed by atoms with Crippen LogP contribution in [0, 0.1) is 23.0 Å². The van der Waals surface area contributed by atoms with Gasteiger partial charge in [0, 0.05) is 18.7 Å². The fourth-order valence-electron chi connectivity index (χ4n) is 3.38. The van der Waals surface area contributed by atoms with E-state index in [4.69, 9.17) is 0 Å². The number of fused-ring (bicyclic) bond motifs is 2. The van der Waals surface area contributed by atoms with Crippen molar-refractivity contribution in [2.75, 3.05) is 18.4 Å². The van der Waals surface area contributed by atoms with E-state index in [2.05, 4.69) is 15.2 Å². The van der Waals surface area contributed by atoms with Gasteiger partial charge in [-0.2, -0.15) is 0 Å². The molecule has 112 valence electrons. The van der Waals surface area contributed by atoms with E-state index in [9.17, 15) is 14.9 Å². The molecule has 1 aliphatic carbocycles. The Labute approximate surface area is 122 Å². The highest BCUT2D eigenvalue weighted by molar-refractivity contribution is 5.92. The Balaban J connectivity index is 1.62. The maximum absolute atomic E-state index is 12.1. The van der Waals surface area contributed by atoms with Crippen molar-refractivity contribution in [3.05, 3.63) is 28.1 Å². The number of hydrogen-bond acceptors (Lipinski definition) is 5. The molecular weight excluding hydrogens is 272 g/mol. The van der Waals surface area contributed by atoms with Crippen LogP contribution in [-0.4, -0.2) is 39.8 Å². The summed E-state index contributed by atoms with van der Waals surface area (Å²) in [6.07, 6.45) is 5.10. The molecule has 0 spiro atoms. The van der Waals surface area contributed by atoms with Crippen LogP contribution in [-0.2, 0) is 4.79 Å².